The lowest BCUT2D eigenvalue weighted by atomic mass is 10.0. The third-order valence-corrected chi connectivity index (χ3v) is 3.22. The second-order valence-corrected chi connectivity index (χ2v) is 5.03. The molecule has 1 aromatic carbocycles. The van der Waals surface area contributed by atoms with E-state index in [0.29, 0.717) is 5.75 Å². The Labute approximate surface area is 116 Å². The van der Waals surface area contributed by atoms with E-state index in [1.807, 2.05) is 18.2 Å². The fourth-order valence-electron chi connectivity index (χ4n) is 1.60. The number of ether oxygens (including phenoxy) is 2. The van der Waals surface area contributed by atoms with Gasteiger partial charge in [0.15, 0.2) is 11.5 Å². The number of nitrogens with one attached hydrogen (secondary N) is 1. The minimum Gasteiger partial charge on any atom is -0.493 e. The molecule has 0 bridgehead atoms. The molecule has 0 amide bonds. The van der Waals surface area contributed by atoms with Crippen LogP contribution in [0, 0.1) is 12.3 Å². The summed E-state index contributed by atoms with van der Waals surface area (Å²) in [6.45, 7) is 7.47. The summed E-state index contributed by atoms with van der Waals surface area (Å²) in [5.41, 5.74) is 1.14. The molecular weight excluding hydrogens is 238 g/mol. The maximum absolute atomic E-state index is 5.61. The van der Waals surface area contributed by atoms with Gasteiger partial charge < -0.3 is 14.8 Å². The topological polar surface area (TPSA) is 30.5 Å². The van der Waals surface area contributed by atoms with Crippen LogP contribution >= 0.6 is 0 Å². The first kappa shape index (κ1) is 15.4. The lowest BCUT2D eigenvalue weighted by Gasteiger charge is -2.25. The van der Waals surface area contributed by atoms with Crippen molar-refractivity contribution >= 4 is 0 Å². The van der Waals surface area contributed by atoms with Gasteiger partial charge in [-0.1, -0.05) is 25.0 Å². The first-order valence-electron chi connectivity index (χ1n) is 6.51. The molecule has 0 radical (unpaired) electrons. The molecular formula is C16H23NO2. The number of hydrogen-bond donors (Lipinski definition) is 1. The minimum atomic E-state index is 0.0897. The predicted octanol–water partition coefficient (Wildman–Crippen LogP) is 2.99. The maximum atomic E-state index is 5.61. The van der Waals surface area contributed by atoms with E-state index in [1.54, 1.807) is 7.11 Å². The molecule has 0 heterocycles. The lowest BCUT2D eigenvalue weighted by Crippen LogP contribution is -2.37. The summed E-state index contributed by atoms with van der Waals surface area (Å²) >= 11 is 0. The molecule has 0 aliphatic carbocycles. The summed E-state index contributed by atoms with van der Waals surface area (Å²) in [4.78, 5) is 0. The van der Waals surface area contributed by atoms with Crippen LogP contribution in [-0.4, -0.2) is 19.3 Å². The molecule has 0 aromatic heterocycles. The second kappa shape index (κ2) is 7.06. The summed E-state index contributed by atoms with van der Waals surface area (Å²) < 4.78 is 10.9. The minimum absolute atomic E-state index is 0.0897. The van der Waals surface area contributed by atoms with Gasteiger partial charge in [0.2, 0.25) is 0 Å². The normalized spacial score (nSPS) is 10.9. The molecule has 3 nitrogen and oxygen atoms in total. The van der Waals surface area contributed by atoms with Crippen LogP contribution in [0.25, 0.3) is 0 Å². The van der Waals surface area contributed by atoms with Crippen molar-refractivity contribution in [1.29, 1.82) is 0 Å². The van der Waals surface area contributed by atoms with Crippen LogP contribution in [0.2, 0.25) is 0 Å². The highest BCUT2D eigenvalue weighted by Gasteiger charge is 2.16. The van der Waals surface area contributed by atoms with Crippen molar-refractivity contribution in [3.05, 3.63) is 23.8 Å². The maximum Gasteiger partial charge on any atom is 0.167 e. The van der Waals surface area contributed by atoms with Crippen LogP contribution in [0.15, 0.2) is 18.2 Å². The highest BCUT2D eigenvalue weighted by atomic mass is 16.5. The van der Waals surface area contributed by atoms with E-state index >= 15 is 0 Å². The van der Waals surface area contributed by atoms with Gasteiger partial charge in [0.25, 0.3) is 0 Å². The Morgan fingerprint density at radius 2 is 2.11 bits per heavy atom. The fourth-order valence-corrected chi connectivity index (χ4v) is 1.60. The summed E-state index contributed by atoms with van der Waals surface area (Å²) in [6, 6.07) is 5.85. The van der Waals surface area contributed by atoms with E-state index in [9.17, 15) is 0 Å². The molecule has 19 heavy (non-hydrogen) atoms. The van der Waals surface area contributed by atoms with Crippen molar-refractivity contribution < 1.29 is 9.47 Å². The third-order valence-electron chi connectivity index (χ3n) is 3.22. The first-order chi connectivity index (χ1) is 9.04. The highest BCUT2D eigenvalue weighted by Crippen LogP contribution is 2.31. The van der Waals surface area contributed by atoms with Crippen molar-refractivity contribution in [2.45, 2.75) is 39.3 Å². The van der Waals surface area contributed by atoms with Crippen molar-refractivity contribution in [3.8, 4) is 23.8 Å². The van der Waals surface area contributed by atoms with Gasteiger partial charge in [0, 0.05) is 17.6 Å². The van der Waals surface area contributed by atoms with E-state index in [2.05, 4.69) is 32.0 Å². The third kappa shape index (κ3) is 4.50. The number of benzene rings is 1. The SMILES string of the molecule is C#CCOc1c(CNC(C)(C)CC)cccc1OC. The molecule has 0 aliphatic rings. The molecule has 1 aromatic rings. The van der Waals surface area contributed by atoms with Crippen LogP contribution < -0.4 is 14.8 Å². The first-order valence-corrected chi connectivity index (χ1v) is 6.51. The molecule has 1 rings (SSSR count). The molecule has 0 fully saturated rings. The highest BCUT2D eigenvalue weighted by molar-refractivity contribution is 5.46. The average Bonchev–Trinajstić information content (AvgIpc) is 2.43. The Morgan fingerprint density at radius 3 is 2.68 bits per heavy atom. The number of rotatable bonds is 7. The zero-order valence-electron chi connectivity index (χ0n) is 12.2. The molecule has 3 heteroatoms. The van der Waals surface area contributed by atoms with Crippen LogP contribution in [0.3, 0.4) is 0 Å². The number of para-hydroxylation sites is 1. The molecule has 0 saturated carbocycles. The molecule has 0 saturated heterocycles. The zero-order valence-corrected chi connectivity index (χ0v) is 12.2. The fraction of sp³-hybridized carbons (Fsp3) is 0.500. The molecule has 0 spiro atoms. The Balaban J connectivity index is 2.90. The Morgan fingerprint density at radius 1 is 1.37 bits per heavy atom. The van der Waals surface area contributed by atoms with Gasteiger partial charge in [-0.2, -0.15) is 0 Å². The van der Waals surface area contributed by atoms with Gasteiger partial charge in [-0.3, -0.25) is 0 Å². The van der Waals surface area contributed by atoms with E-state index in [-0.39, 0.29) is 12.1 Å². The summed E-state index contributed by atoms with van der Waals surface area (Å²) in [5, 5.41) is 3.51. The Kier molecular flexibility index (Phi) is 5.72. The van der Waals surface area contributed by atoms with Crippen molar-refractivity contribution in [2.75, 3.05) is 13.7 Å². The van der Waals surface area contributed by atoms with Gasteiger partial charge >= 0.3 is 0 Å². The van der Waals surface area contributed by atoms with Crippen LogP contribution in [0.5, 0.6) is 11.5 Å². The zero-order chi connectivity index (χ0) is 14.3. The molecule has 1 N–H and O–H groups in total. The largest absolute Gasteiger partial charge is 0.493 e. The quantitative estimate of drug-likeness (QED) is 0.765. The smallest absolute Gasteiger partial charge is 0.167 e. The molecule has 0 atom stereocenters. The number of hydrogen-bond acceptors (Lipinski definition) is 3. The van der Waals surface area contributed by atoms with Crippen LogP contribution in [0.4, 0.5) is 0 Å². The van der Waals surface area contributed by atoms with Crippen LogP contribution in [-0.2, 0) is 6.54 Å². The Bertz CT molecular complexity index is 447. The molecule has 0 unspecified atom stereocenters. The summed E-state index contributed by atoms with van der Waals surface area (Å²) in [5.74, 6) is 3.92. The number of methoxy groups -OCH3 is 1. The average molecular weight is 261 g/mol. The monoisotopic (exact) mass is 261 g/mol. The van der Waals surface area contributed by atoms with Gasteiger partial charge in [-0.05, 0) is 26.3 Å². The van der Waals surface area contributed by atoms with Crippen molar-refractivity contribution in [1.82, 2.24) is 5.32 Å². The van der Waals surface area contributed by atoms with Gasteiger partial charge in [0.1, 0.15) is 6.61 Å². The van der Waals surface area contributed by atoms with E-state index in [0.717, 1.165) is 24.3 Å². The van der Waals surface area contributed by atoms with Gasteiger partial charge in [-0.25, -0.2) is 0 Å². The van der Waals surface area contributed by atoms with E-state index < -0.39 is 0 Å². The van der Waals surface area contributed by atoms with Crippen molar-refractivity contribution in [3.63, 3.8) is 0 Å². The van der Waals surface area contributed by atoms with E-state index in [1.165, 1.54) is 0 Å². The molecule has 0 aliphatic heterocycles. The Hall–Kier alpha value is -1.66. The summed E-state index contributed by atoms with van der Waals surface area (Å²) in [7, 11) is 1.63. The lowest BCUT2D eigenvalue weighted by molar-refractivity contribution is 0.321. The second-order valence-electron chi connectivity index (χ2n) is 5.03. The van der Waals surface area contributed by atoms with Crippen molar-refractivity contribution in [2.24, 2.45) is 0 Å². The predicted molar refractivity (Wildman–Crippen MR) is 78.5 cm³/mol. The van der Waals surface area contributed by atoms with Gasteiger partial charge in [-0.15, -0.1) is 6.42 Å². The number of terminal acetylenes is 1. The van der Waals surface area contributed by atoms with E-state index in [4.69, 9.17) is 15.9 Å². The molecule has 104 valence electrons. The van der Waals surface area contributed by atoms with Crippen LogP contribution in [0.1, 0.15) is 32.8 Å². The standard InChI is InChI=1S/C16H23NO2/c1-6-11-19-15-13(9-8-10-14(15)18-5)12-17-16(3,4)7-2/h1,8-10,17H,7,11-12H2,2-5H3. The summed E-state index contributed by atoms with van der Waals surface area (Å²) in [6.07, 6.45) is 6.30. The van der Waals surface area contributed by atoms with Gasteiger partial charge in [0.05, 0.1) is 7.11 Å².